The van der Waals surface area contributed by atoms with E-state index in [1.807, 2.05) is 37.3 Å². The molecule has 2 N–H and O–H groups in total. The summed E-state index contributed by atoms with van der Waals surface area (Å²) in [5, 5.41) is 6.47. The highest BCUT2D eigenvalue weighted by atomic mass is 16.4. The van der Waals surface area contributed by atoms with Gasteiger partial charge in [-0.2, -0.15) is 0 Å². The van der Waals surface area contributed by atoms with E-state index in [-0.39, 0.29) is 18.4 Å². The van der Waals surface area contributed by atoms with Gasteiger partial charge < -0.3 is 15.1 Å². The van der Waals surface area contributed by atoms with Gasteiger partial charge in [-0.3, -0.25) is 4.79 Å². The summed E-state index contributed by atoms with van der Waals surface area (Å²) >= 11 is 0. The molecule has 1 aromatic heterocycles. The molecule has 0 saturated carbocycles. The second kappa shape index (κ2) is 6.96. The van der Waals surface area contributed by atoms with Gasteiger partial charge in [-0.1, -0.05) is 25.1 Å². The Balaban J connectivity index is 1.66. The molecule has 5 heteroatoms. The minimum absolute atomic E-state index is 0.0137. The molecular formula is C18H23N3O2. The van der Waals surface area contributed by atoms with Crippen LogP contribution in [0.5, 0.6) is 0 Å². The molecule has 1 amide bonds. The van der Waals surface area contributed by atoms with Gasteiger partial charge in [0.1, 0.15) is 5.76 Å². The first kappa shape index (κ1) is 15.7. The van der Waals surface area contributed by atoms with Crippen molar-refractivity contribution in [3.63, 3.8) is 0 Å². The predicted molar refractivity (Wildman–Crippen MR) is 89.0 cm³/mol. The van der Waals surface area contributed by atoms with Crippen molar-refractivity contribution in [3.8, 4) is 11.5 Å². The number of hydrogen-bond donors (Lipinski definition) is 2. The maximum absolute atomic E-state index is 12.3. The van der Waals surface area contributed by atoms with Crippen LogP contribution in [0.3, 0.4) is 0 Å². The zero-order chi connectivity index (χ0) is 16.2. The van der Waals surface area contributed by atoms with E-state index < -0.39 is 0 Å². The van der Waals surface area contributed by atoms with Crippen molar-refractivity contribution >= 4 is 5.91 Å². The summed E-state index contributed by atoms with van der Waals surface area (Å²) in [7, 11) is 0. The van der Waals surface area contributed by atoms with Crippen LogP contribution in [0.4, 0.5) is 0 Å². The smallest absolute Gasteiger partial charge is 0.226 e. The van der Waals surface area contributed by atoms with Crippen molar-refractivity contribution in [2.24, 2.45) is 5.92 Å². The highest BCUT2D eigenvalue weighted by molar-refractivity contribution is 5.78. The van der Waals surface area contributed by atoms with Gasteiger partial charge in [0.2, 0.25) is 11.8 Å². The fraction of sp³-hybridized carbons (Fsp3) is 0.444. The van der Waals surface area contributed by atoms with E-state index in [0.29, 0.717) is 23.3 Å². The Morgan fingerprint density at radius 1 is 1.39 bits per heavy atom. The number of rotatable bonds is 4. The van der Waals surface area contributed by atoms with Gasteiger partial charge in [0.05, 0.1) is 12.1 Å². The van der Waals surface area contributed by atoms with Crippen molar-refractivity contribution in [1.82, 2.24) is 15.6 Å². The van der Waals surface area contributed by atoms with Crippen LogP contribution in [-0.2, 0) is 11.2 Å². The van der Waals surface area contributed by atoms with Gasteiger partial charge in [-0.05, 0) is 44.5 Å². The summed E-state index contributed by atoms with van der Waals surface area (Å²) < 4.78 is 5.71. The molecule has 1 aliphatic rings. The Labute approximate surface area is 136 Å². The molecule has 1 fully saturated rings. The van der Waals surface area contributed by atoms with Gasteiger partial charge in [-0.15, -0.1) is 0 Å². The summed E-state index contributed by atoms with van der Waals surface area (Å²) in [6.45, 7) is 5.92. The molecule has 2 heterocycles. The van der Waals surface area contributed by atoms with Crippen LogP contribution in [0.1, 0.15) is 24.8 Å². The maximum Gasteiger partial charge on any atom is 0.226 e. The normalized spacial score (nSPS) is 21.1. The lowest BCUT2D eigenvalue weighted by Crippen LogP contribution is -2.48. The molecule has 2 unspecified atom stereocenters. The maximum atomic E-state index is 12.3. The molecule has 2 aromatic rings. The van der Waals surface area contributed by atoms with Gasteiger partial charge in [-0.25, -0.2) is 4.98 Å². The molecule has 1 saturated heterocycles. The van der Waals surface area contributed by atoms with E-state index in [1.165, 1.54) is 0 Å². The number of aryl methyl sites for hydroxylation is 1. The fourth-order valence-electron chi connectivity index (χ4n) is 2.93. The minimum Gasteiger partial charge on any atom is -0.441 e. The summed E-state index contributed by atoms with van der Waals surface area (Å²) in [6, 6.07) is 9.98. The summed E-state index contributed by atoms with van der Waals surface area (Å²) in [6.07, 6.45) is 1.23. The van der Waals surface area contributed by atoms with Gasteiger partial charge >= 0.3 is 0 Å². The molecule has 1 aliphatic heterocycles. The third-order valence-electron chi connectivity index (χ3n) is 4.37. The molecule has 0 spiro atoms. The quantitative estimate of drug-likeness (QED) is 0.909. The second-order valence-electron chi connectivity index (χ2n) is 6.21. The molecule has 5 nitrogen and oxygen atoms in total. The van der Waals surface area contributed by atoms with E-state index in [2.05, 4.69) is 22.5 Å². The number of amides is 1. The summed E-state index contributed by atoms with van der Waals surface area (Å²) in [4.78, 5) is 16.8. The van der Waals surface area contributed by atoms with Crippen LogP contribution in [0.15, 0.2) is 34.7 Å². The van der Waals surface area contributed by atoms with E-state index in [0.717, 1.165) is 25.1 Å². The van der Waals surface area contributed by atoms with Crippen molar-refractivity contribution < 1.29 is 9.21 Å². The summed E-state index contributed by atoms with van der Waals surface area (Å²) in [5.74, 6) is 1.74. The molecule has 0 radical (unpaired) electrons. The topological polar surface area (TPSA) is 67.2 Å². The van der Waals surface area contributed by atoms with Gasteiger partial charge in [0, 0.05) is 11.6 Å². The first-order chi connectivity index (χ1) is 11.1. The predicted octanol–water partition coefficient (Wildman–Crippen LogP) is 2.31. The number of oxazole rings is 1. The number of benzene rings is 1. The zero-order valence-corrected chi connectivity index (χ0v) is 13.6. The van der Waals surface area contributed by atoms with Gasteiger partial charge in [0.25, 0.3) is 0 Å². The first-order valence-corrected chi connectivity index (χ1v) is 8.15. The molecular weight excluding hydrogens is 290 g/mol. The second-order valence-corrected chi connectivity index (χ2v) is 6.21. The van der Waals surface area contributed by atoms with Crippen LogP contribution in [0.25, 0.3) is 11.5 Å². The molecule has 2 atom stereocenters. The van der Waals surface area contributed by atoms with Crippen LogP contribution in [-0.4, -0.2) is 30.0 Å². The lowest BCUT2D eigenvalue weighted by Gasteiger charge is -2.30. The van der Waals surface area contributed by atoms with Crippen LogP contribution < -0.4 is 10.6 Å². The standard InChI is InChI=1S/C18H23N3O2/c1-12-11-19-9-8-15(12)20-17(22)10-16-13(2)23-18(21-16)14-6-4-3-5-7-14/h3-7,12,15,19H,8-11H2,1-2H3,(H,20,22). The van der Waals surface area contributed by atoms with Crippen molar-refractivity contribution in [3.05, 3.63) is 41.8 Å². The Kier molecular flexibility index (Phi) is 4.76. The van der Waals surface area contributed by atoms with Gasteiger partial charge in [0.15, 0.2) is 0 Å². The summed E-state index contributed by atoms with van der Waals surface area (Å²) in [5.41, 5.74) is 1.64. The number of hydrogen-bond acceptors (Lipinski definition) is 4. The lowest BCUT2D eigenvalue weighted by molar-refractivity contribution is -0.121. The highest BCUT2D eigenvalue weighted by Gasteiger charge is 2.23. The number of piperidine rings is 1. The molecule has 1 aromatic carbocycles. The van der Waals surface area contributed by atoms with Crippen molar-refractivity contribution in [2.45, 2.75) is 32.7 Å². The fourth-order valence-corrected chi connectivity index (χ4v) is 2.93. The Morgan fingerprint density at radius 2 is 2.17 bits per heavy atom. The van der Waals surface area contributed by atoms with Crippen LogP contribution in [0.2, 0.25) is 0 Å². The minimum atomic E-state index is 0.0137. The number of nitrogens with one attached hydrogen (secondary N) is 2. The first-order valence-electron chi connectivity index (χ1n) is 8.15. The number of carbonyl (C=O) groups is 1. The molecule has 23 heavy (non-hydrogen) atoms. The lowest BCUT2D eigenvalue weighted by atomic mass is 9.95. The van der Waals surface area contributed by atoms with Crippen molar-refractivity contribution in [1.29, 1.82) is 0 Å². The van der Waals surface area contributed by atoms with E-state index in [9.17, 15) is 4.79 Å². The monoisotopic (exact) mass is 313 g/mol. The third-order valence-corrected chi connectivity index (χ3v) is 4.37. The highest BCUT2D eigenvalue weighted by Crippen LogP contribution is 2.21. The van der Waals surface area contributed by atoms with E-state index in [4.69, 9.17) is 4.42 Å². The van der Waals surface area contributed by atoms with Crippen LogP contribution >= 0.6 is 0 Å². The molecule has 122 valence electrons. The van der Waals surface area contributed by atoms with E-state index >= 15 is 0 Å². The van der Waals surface area contributed by atoms with Crippen molar-refractivity contribution in [2.75, 3.05) is 13.1 Å². The Hall–Kier alpha value is -2.14. The average Bonchev–Trinajstić information content (AvgIpc) is 2.91. The largest absolute Gasteiger partial charge is 0.441 e. The number of nitrogens with zero attached hydrogens (tertiary/aromatic N) is 1. The Bertz CT molecular complexity index is 666. The molecule has 0 aliphatic carbocycles. The molecule has 0 bridgehead atoms. The SMILES string of the molecule is Cc1oc(-c2ccccc2)nc1CC(=O)NC1CCNCC1C. The van der Waals surface area contributed by atoms with E-state index in [1.54, 1.807) is 0 Å². The van der Waals surface area contributed by atoms with Crippen LogP contribution in [0, 0.1) is 12.8 Å². The number of carbonyl (C=O) groups excluding carboxylic acids is 1. The average molecular weight is 313 g/mol. The third kappa shape index (κ3) is 3.79. The Morgan fingerprint density at radius 3 is 2.91 bits per heavy atom. The number of aromatic nitrogens is 1. The zero-order valence-electron chi connectivity index (χ0n) is 13.6. The molecule has 3 rings (SSSR count).